The Morgan fingerprint density at radius 2 is 2.18 bits per heavy atom. The maximum Gasteiger partial charge on any atom is 0.348 e. The average Bonchev–Trinajstić information content (AvgIpc) is 2.64. The summed E-state index contributed by atoms with van der Waals surface area (Å²) in [5, 5.41) is 9.48. The average molecular weight is 333 g/mol. The zero-order valence-electron chi connectivity index (χ0n) is 8.41. The molecule has 6 heteroatoms. The number of nitrogen functional groups attached to an aromatic ring is 1. The van der Waals surface area contributed by atoms with Crippen LogP contribution in [-0.2, 0) is 0 Å². The number of thiophene rings is 1. The van der Waals surface area contributed by atoms with Crippen LogP contribution in [0.15, 0.2) is 28.7 Å². The molecule has 88 valence electrons. The summed E-state index contributed by atoms with van der Waals surface area (Å²) in [7, 11) is 0. The Balaban J connectivity index is 2.58. The fourth-order valence-electron chi connectivity index (χ4n) is 1.40. The van der Waals surface area contributed by atoms with Gasteiger partial charge < -0.3 is 10.8 Å². The van der Waals surface area contributed by atoms with Crippen molar-refractivity contribution in [2.24, 2.45) is 0 Å². The van der Waals surface area contributed by atoms with E-state index in [4.69, 9.17) is 22.4 Å². The van der Waals surface area contributed by atoms with Gasteiger partial charge in [0.1, 0.15) is 4.88 Å². The first-order valence-corrected chi connectivity index (χ1v) is 6.56. The molecule has 0 aliphatic carbocycles. The van der Waals surface area contributed by atoms with Crippen LogP contribution in [-0.4, -0.2) is 11.1 Å². The van der Waals surface area contributed by atoms with E-state index in [2.05, 4.69) is 15.9 Å². The van der Waals surface area contributed by atoms with E-state index in [1.165, 1.54) is 0 Å². The molecule has 1 heterocycles. The Morgan fingerprint density at radius 3 is 2.76 bits per heavy atom. The largest absolute Gasteiger partial charge is 0.477 e. The minimum absolute atomic E-state index is 0.135. The van der Waals surface area contributed by atoms with Crippen molar-refractivity contribution in [1.29, 1.82) is 0 Å². The first kappa shape index (κ1) is 12.4. The third-order valence-electron chi connectivity index (χ3n) is 2.17. The molecule has 0 spiro atoms. The van der Waals surface area contributed by atoms with Crippen LogP contribution in [0.25, 0.3) is 10.4 Å². The van der Waals surface area contributed by atoms with Crippen LogP contribution >= 0.6 is 38.9 Å². The van der Waals surface area contributed by atoms with Gasteiger partial charge in [-0.1, -0.05) is 23.7 Å². The van der Waals surface area contributed by atoms with E-state index in [-0.39, 0.29) is 10.6 Å². The fourth-order valence-corrected chi connectivity index (χ4v) is 3.00. The summed E-state index contributed by atoms with van der Waals surface area (Å²) in [4.78, 5) is 11.8. The van der Waals surface area contributed by atoms with Gasteiger partial charge in [0.25, 0.3) is 0 Å². The summed E-state index contributed by atoms with van der Waals surface area (Å²) in [5.41, 5.74) is 6.67. The Hall–Kier alpha value is -1.04. The van der Waals surface area contributed by atoms with Gasteiger partial charge in [-0.25, -0.2) is 4.79 Å². The summed E-state index contributed by atoms with van der Waals surface area (Å²) in [5.74, 6) is -1.02. The van der Waals surface area contributed by atoms with Crippen LogP contribution in [0.5, 0.6) is 0 Å². The van der Waals surface area contributed by atoms with Crippen molar-refractivity contribution >= 4 is 50.5 Å². The SMILES string of the molecule is Nc1cc(-c2cccc(Br)c2Cl)sc1C(=O)O. The third kappa shape index (κ3) is 2.31. The van der Waals surface area contributed by atoms with Gasteiger partial charge in [-0.05, 0) is 28.1 Å². The van der Waals surface area contributed by atoms with Crippen molar-refractivity contribution in [3.05, 3.63) is 38.6 Å². The normalized spacial score (nSPS) is 10.5. The number of carboxylic acid groups (broad SMARTS) is 1. The van der Waals surface area contributed by atoms with Crippen molar-refractivity contribution in [1.82, 2.24) is 0 Å². The molecular weight excluding hydrogens is 326 g/mol. The zero-order valence-corrected chi connectivity index (χ0v) is 11.6. The summed E-state index contributed by atoms with van der Waals surface area (Å²) in [6, 6.07) is 7.11. The summed E-state index contributed by atoms with van der Waals surface area (Å²) in [6.07, 6.45) is 0. The molecular formula is C11H7BrClNO2S. The lowest BCUT2D eigenvalue weighted by Crippen LogP contribution is -1.96. The smallest absolute Gasteiger partial charge is 0.348 e. The van der Waals surface area contributed by atoms with E-state index < -0.39 is 5.97 Å². The minimum Gasteiger partial charge on any atom is -0.477 e. The lowest BCUT2D eigenvalue weighted by atomic mass is 10.2. The van der Waals surface area contributed by atoms with Crippen LogP contribution in [0.1, 0.15) is 9.67 Å². The summed E-state index contributed by atoms with van der Waals surface area (Å²) in [6.45, 7) is 0. The predicted molar refractivity (Wildman–Crippen MR) is 73.8 cm³/mol. The second-order valence-corrected chi connectivity index (χ2v) is 5.59. The molecule has 0 unspecified atom stereocenters. The number of hydrogen-bond donors (Lipinski definition) is 2. The summed E-state index contributed by atoms with van der Waals surface area (Å²) < 4.78 is 0.764. The second-order valence-electron chi connectivity index (χ2n) is 3.30. The van der Waals surface area contributed by atoms with E-state index in [0.717, 1.165) is 26.3 Å². The fraction of sp³-hybridized carbons (Fsp3) is 0. The highest BCUT2D eigenvalue weighted by molar-refractivity contribution is 9.10. The molecule has 2 rings (SSSR count). The minimum atomic E-state index is -1.02. The number of carbonyl (C=O) groups is 1. The van der Waals surface area contributed by atoms with Gasteiger partial charge in [0, 0.05) is 14.9 Å². The number of aromatic carboxylic acids is 1. The molecule has 3 N–H and O–H groups in total. The Morgan fingerprint density at radius 1 is 1.47 bits per heavy atom. The van der Waals surface area contributed by atoms with Gasteiger partial charge in [0.2, 0.25) is 0 Å². The Kier molecular flexibility index (Phi) is 3.42. The molecule has 0 radical (unpaired) electrons. The number of carboxylic acids is 1. The molecule has 0 saturated heterocycles. The van der Waals surface area contributed by atoms with Gasteiger partial charge >= 0.3 is 5.97 Å². The van der Waals surface area contributed by atoms with Crippen molar-refractivity contribution in [2.75, 3.05) is 5.73 Å². The molecule has 0 saturated carbocycles. The third-order valence-corrected chi connectivity index (χ3v) is 4.64. The first-order valence-electron chi connectivity index (χ1n) is 4.57. The highest BCUT2D eigenvalue weighted by Crippen LogP contribution is 2.39. The quantitative estimate of drug-likeness (QED) is 0.870. The van der Waals surface area contributed by atoms with Crippen molar-refractivity contribution in [3.63, 3.8) is 0 Å². The molecule has 1 aromatic carbocycles. The van der Waals surface area contributed by atoms with E-state index >= 15 is 0 Å². The Bertz CT molecular complexity index is 597. The molecule has 1 aromatic heterocycles. The van der Waals surface area contributed by atoms with Crippen molar-refractivity contribution in [2.45, 2.75) is 0 Å². The van der Waals surface area contributed by atoms with Crippen molar-refractivity contribution < 1.29 is 9.90 Å². The highest BCUT2D eigenvalue weighted by atomic mass is 79.9. The lowest BCUT2D eigenvalue weighted by molar-refractivity contribution is 0.0703. The van der Waals surface area contributed by atoms with Gasteiger partial charge in [-0.2, -0.15) is 0 Å². The maximum atomic E-state index is 10.9. The topological polar surface area (TPSA) is 63.3 Å². The number of anilines is 1. The molecule has 0 fully saturated rings. The first-order chi connectivity index (χ1) is 8.00. The number of rotatable bonds is 2. The molecule has 3 nitrogen and oxygen atoms in total. The van der Waals surface area contributed by atoms with E-state index in [0.29, 0.717) is 5.02 Å². The van der Waals surface area contributed by atoms with Crippen LogP contribution < -0.4 is 5.73 Å². The lowest BCUT2D eigenvalue weighted by Gasteiger charge is -2.02. The molecule has 0 bridgehead atoms. The van der Waals surface area contributed by atoms with Gasteiger partial charge in [-0.15, -0.1) is 11.3 Å². The molecule has 0 amide bonds. The van der Waals surface area contributed by atoms with Crippen LogP contribution in [0, 0.1) is 0 Å². The summed E-state index contributed by atoms with van der Waals surface area (Å²) >= 11 is 10.6. The number of hydrogen-bond acceptors (Lipinski definition) is 3. The van der Waals surface area contributed by atoms with Gasteiger partial charge in [0.15, 0.2) is 0 Å². The van der Waals surface area contributed by atoms with Crippen LogP contribution in [0.2, 0.25) is 5.02 Å². The molecule has 2 aromatic rings. The number of nitrogens with two attached hydrogens (primary N) is 1. The molecule has 0 aliphatic heterocycles. The van der Waals surface area contributed by atoms with E-state index in [1.807, 2.05) is 18.2 Å². The van der Waals surface area contributed by atoms with E-state index in [1.54, 1.807) is 6.07 Å². The van der Waals surface area contributed by atoms with Crippen LogP contribution in [0.3, 0.4) is 0 Å². The monoisotopic (exact) mass is 331 g/mol. The van der Waals surface area contributed by atoms with Crippen molar-refractivity contribution in [3.8, 4) is 10.4 Å². The van der Waals surface area contributed by atoms with E-state index in [9.17, 15) is 4.79 Å². The molecule has 0 atom stereocenters. The highest BCUT2D eigenvalue weighted by Gasteiger charge is 2.16. The molecule has 0 aliphatic rings. The van der Waals surface area contributed by atoms with Crippen LogP contribution in [0.4, 0.5) is 5.69 Å². The Labute approximate surface area is 115 Å². The number of halogens is 2. The second kappa shape index (κ2) is 4.68. The predicted octanol–water partition coefficient (Wildman–Crippen LogP) is 4.11. The standard InChI is InChI=1S/C11H7BrClNO2S/c12-6-3-1-2-5(9(6)13)8-4-7(14)10(17-8)11(15)16/h1-4H,14H2,(H,15,16). The van der Waals surface area contributed by atoms with Gasteiger partial charge in [-0.3, -0.25) is 0 Å². The molecule has 17 heavy (non-hydrogen) atoms. The number of benzene rings is 1. The zero-order chi connectivity index (χ0) is 12.6. The maximum absolute atomic E-state index is 10.9. The van der Waals surface area contributed by atoms with Gasteiger partial charge in [0.05, 0.1) is 10.7 Å².